The van der Waals surface area contributed by atoms with Crippen molar-refractivity contribution in [3.8, 4) is 5.75 Å². The van der Waals surface area contributed by atoms with Crippen LogP contribution in [-0.2, 0) is 4.74 Å². The van der Waals surface area contributed by atoms with Gasteiger partial charge in [0.05, 0.1) is 12.8 Å². The molecule has 0 atom stereocenters. The van der Waals surface area contributed by atoms with Crippen molar-refractivity contribution in [3.63, 3.8) is 0 Å². The Morgan fingerprint density at radius 3 is 2.61 bits per heavy atom. The number of nitrogens with one attached hydrogen (secondary N) is 1. The van der Waals surface area contributed by atoms with Gasteiger partial charge in [0.25, 0.3) is 0 Å². The van der Waals surface area contributed by atoms with E-state index in [-0.39, 0.29) is 0 Å². The van der Waals surface area contributed by atoms with E-state index in [9.17, 15) is 0 Å². The van der Waals surface area contributed by atoms with Gasteiger partial charge in [0.1, 0.15) is 5.75 Å². The number of anilines is 1. The van der Waals surface area contributed by atoms with Gasteiger partial charge in [-0.2, -0.15) is 0 Å². The van der Waals surface area contributed by atoms with Gasteiger partial charge in [0.15, 0.2) is 0 Å². The molecule has 0 radical (unpaired) electrons. The van der Waals surface area contributed by atoms with Gasteiger partial charge >= 0.3 is 0 Å². The van der Waals surface area contributed by atoms with Crippen LogP contribution in [-0.4, -0.2) is 26.4 Å². The first kappa shape index (κ1) is 13.2. The number of methoxy groups -OCH3 is 1. The van der Waals surface area contributed by atoms with E-state index in [1.54, 1.807) is 7.11 Å². The molecule has 0 spiro atoms. The van der Waals surface area contributed by atoms with E-state index >= 15 is 0 Å². The lowest BCUT2D eigenvalue weighted by Crippen LogP contribution is -2.28. The van der Waals surface area contributed by atoms with Crippen LogP contribution in [0.1, 0.15) is 38.2 Å². The summed E-state index contributed by atoms with van der Waals surface area (Å²) in [4.78, 5) is 0. The van der Waals surface area contributed by atoms with Gasteiger partial charge in [-0.25, -0.2) is 0 Å². The van der Waals surface area contributed by atoms with Crippen molar-refractivity contribution in [1.29, 1.82) is 0 Å². The molecule has 18 heavy (non-hydrogen) atoms. The molecule has 1 aliphatic rings. The molecule has 1 heterocycles. The summed E-state index contributed by atoms with van der Waals surface area (Å²) in [6, 6.07) is 6.89. The fraction of sp³-hybridized carbons (Fsp3) is 0.600. The lowest BCUT2D eigenvalue weighted by molar-refractivity contribution is 0.0904. The van der Waals surface area contributed by atoms with Crippen molar-refractivity contribution in [3.05, 3.63) is 23.8 Å². The predicted molar refractivity (Wildman–Crippen MR) is 74.5 cm³/mol. The Bertz CT molecular complexity index is 384. The minimum Gasteiger partial charge on any atom is -0.495 e. The molecule has 1 aliphatic heterocycles. The molecule has 0 bridgehead atoms. The fourth-order valence-electron chi connectivity index (χ4n) is 2.26. The molecule has 1 aromatic rings. The Hall–Kier alpha value is -1.22. The van der Waals surface area contributed by atoms with E-state index in [0.717, 1.165) is 37.5 Å². The molecule has 0 saturated carbocycles. The van der Waals surface area contributed by atoms with E-state index < -0.39 is 0 Å². The summed E-state index contributed by atoms with van der Waals surface area (Å²) in [7, 11) is 1.72. The van der Waals surface area contributed by atoms with Gasteiger partial charge in [-0.1, -0.05) is 19.9 Å². The van der Waals surface area contributed by atoms with Crippen molar-refractivity contribution in [2.24, 2.45) is 0 Å². The minimum atomic E-state index is 0.495. The SMILES string of the molecule is COc1ccc(C(C)C)cc1NC1CCOCC1. The quantitative estimate of drug-likeness (QED) is 0.887. The van der Waals surface area contributed by atoms with E-state index in [1.807, 2.05) is 0 Å². The molecule has 1 fully saturated rings. The summed E-state index contributed by atoms with van der Waals surface area (Å²) >= 11 is 0. The van der Waals surface area contributed by atoms with Gasteiger partial charge in [0.2, 0.25) is 0 Å². The molecule has 0 aliphatic carbocycles. The first-order chi connectivity index (χ1) is 8.70. The Morgan fingerprint density at radius 2 is 2.00 bits per heavy atom. The van der Waals surface area contributed by atoms with Crippen molar-refractivity contribution in [1.82, 2.24) is 0 Å². The van der Waals surface area contributed by atoms with E-state index in [2.05, 4.69) is 37.4 Å². The Morgan fingerprint density at radius 1 is 1.28 bits per heavy atom. The van der Waals surface area contributed by atoms with Crippen molar-refractivity contribution in [2.75, 3.05) is 25.6 Å². The summed E-state index contributed by atoms with van der Waals surface area (Å²) in [5, 5.41) is 3.59. The standard InChI is InChI=1S/C15H23NO2/c1-11(2)12-4-5-15(17-3)14(10-12)16-13-6-8-18-9-7-13/h4-5,10-11,13,16H,6-9H2,1-3H3. The topological polar surface area (TPSA) is 30.5 Å². The third kappa shape index (κ3) is 3.16. The van der Waals surface area contributed by atoms with E-state index in [1.165, 1.54) is 5.56 Å². The smallest absolute Gasteiger partial charge is 0.141 e. The highest BCUT2D eigenvalue weighted by Gasteiger charge is 2.15. The summed E-state index contributed by atoms with van der Waals surface area (Å²) in [5.74, 6) is 1.46. The zero-order valence-electron chi connectivity index (χ0n) is 11.5. The molecule has 1 saturated heterocycles. The molecule has 0 amide bonds. The van der Waals surface area contributed by atoms with Crippen molar-refractivity contribution in [2.45, 2.75) is 38.6 Å². The zero-order valence-corrected chi connectivity index (χ0v) is 11.5. The van der Waals surface area contributed by atoms with Crippen LogP contribution in [0.2, 0.25) is 0 Å². The third-order valence-electron chi connectivity index (χ3n) is 3.47. The fourth-order valence-corrected chi connectivity index (χ4v) is 2.26. The number of rotatable bonds is 4. The molecule has 100 valence electrons. The lowest BCUT2D eigenvalue weighted by atomic mass is 10.0. The van der Waals surface area contributed by atoms with Crippen LogP contribution < -0.4 is 10.1 Å². The molecule has 1 aromatic carbocycles. The third-order valence-corrected chi connectivity index (χ3v) is 3.47. The second-order valence-electron chi connectivity index (χ2n) is 5.15. The van der Waals surface area contributed by atoms with Crippen LogP contribution in [0, 0.1) is 0 Å². The van der Waals surface area contributed by atoms with Crippen LogP contribution in [0.15, 0.2) is 18.2 Å². The van der Waals surface area contributed by atoms with Crippen LogP contribution >= 0.6 is 0 Å². The van der Waals surface area contributed by atoms with Gasteiger partial charge in [-0.3, -0.25) is 0 Å². The molecular formula is C15H23NO2. The van der Waals surface area contributed by atoms with Gasteiger partial charge in [-0.15, -0.1) is 0 Å². The van der Waals surface area contributed by atoms with Crippen molar-refractivity contribution < 1.29 is 9.47 Å². The first-order valence-corrected chi connectivity index (χ1v) is 6.73. The molecule has 1 N–H and O–H groups in total. The molecular weight excluding hydrogens is 226 g/mol. The molecule has 0 aromatic heterocycles. The number of ether oxygens (including phenoxy) is 2. The van der Waals surface area contributed by atoms with Gasteiger partial charge < -0.3 is 14.8 Å². The highest BCUT2D eigenvalue weighted by molar-refractivity contribution is 5.59. The average molecular weight is 249 g/mol. The molecule has 0 unspecified atom stereocenters. The summed E-state index contributed by atoms with van der Waals surface area (Å²) < 4.78 is 10.8. The Kier molecular flexibility index (Phi) is 4.48. The normalized spacial score (nSPS) is 16.9. The van der Waals surface area contributed by atoms with Gasteiger partial charge in [0, 0.05) is 19.3 Å². The number of hydrogen-bond acceptors (Lipinski definition) is 3. The molecule has 3 heteroatoms. The summed E-state index contributed by atoms with van der Waals surface area (Å²) in [6.07, 6.45) is 2.13. The van der Waals surface area contributed by atoms with Crippen LogP contribution in [0.5, 0.6) is 5.75 Å². The van der Waals surface area contributed by atoms with Gasteiger partial charge in [-0.05, 0) is 36.5 Å². The maximum atomic E-state index is 5.43. The number of hydrogen-bond donors (Lipinski definition) is 1. The summed E-state index contributed by atoms with van der Waals surface area (Å²) in [6.45, 7) is 6.12. The van der Waals surface area contributed by atoms with E-state index in [4.69, 9.17) is 9.47 Å². The highest BCUT2D eigenvalue weighted by Crippen LogP contribution is 2.30. The van der Waals surface area contributed by atoms with Crippen LogP contribution in [0.25, 0.3) is 0 Å². The number of benzene rings is 1. The zero-order chi connectivity index (χ0) is 13.0. The molecule has 2 rings (SSSR count). The Labute approximate surface area is 109 Å². The first-order valence-electron chi connectivity index (χ1n) is 6.73. The average Bonchev–Trinajstić information content (AvgIpc) is 2.39. The maximum Gasteiger partial charge on any atom is 0.141 e. The lowest BCUT2D eigenvalue weighted by Gasteiger charge is -2.25. The largest absolute Gasteiger partial charge is 0.495 e. The molecule has 3 nitrogen and oxygen atoms in total. The monoisotopic (exact) mass is 249 g/mol. The van der Waals surface area contributed by atoms with E-state index in [0.29, 0.717) is 12.0 Å². The summed E-state index contributed by atoms with van der Waals surface area (Å²) in [5.41, 5.74) is 2.45. The van der Waals surface area contributed by atoms with Crippen LogP contribution in [0.3, 0.4) is 0 Å². The minimum absolute atomic E-state index is 0.495. The second kappa shape index (κ2) is 6.10. The highest BCUT2D eigenvalue weighted by atomic mass is 16.5. The van der Waals surface area contributed by atoms with Crippen LogP contribution in [0.4, 0.5) is 5.69 Å². The Balaban J connectivity index is 2.15. The van der Waals surface area contributed by atoms with Crippen molar-refractivity contribution >= 4 is 5.69 Å². The maximum absolute atomic E-state index is 5.43. The second-order valence-corrected chi connectivity index (χ2v) is 5.15. The predicted octanol–water partition coefficient (Wildman–Crippen LogP) is 3.41.